The molecule has 2 atom stereocenters. The van der Waals surface area contributed by atoms with Crippen LogP contribution in [0.3, 0.4) is 0 Å². The van der Waals surface area contributed by atoms with Gasteiger partial charge in [-0.15, -0.1) is 0 Å². The molecule has 0 heterocycles. The number of amides is 3. The summed E-state index contributed by atoms with van der Waals surface area (Å²) in [5.74, 6) is -3.12. The summed E-state index contributed by atoms with van der Waals surface area (Å²) in [5, 5.41) is 26.3. The summed E-state index contributed by atoms with van der Waals surface area (Å²) in [6, 6.07) is 9.44. The van der Waals surface area contributed by atoms with Crippen LogP contribution in [0.4, 0.5) is 0 Å². The number of benzene rings is 2. The fraction of sp³-hybridized carbons (Fsp3) is 0.238. The number of hydrogen-bond acceptors (Lipinski definition) is 5. The summed E-state index contributed by atoms with van der Waals surface area (Å²) in [6.07, 6.45) is 0.0936. The first-order chi connectivity index (χ1) is 15.1. The molecule has 2 rings (SSSR count). The smallest absolute Gasteiger partial charge is 0.326 e. The molecule has 0 unspecified atom stereocenters. The molecule has 0 aromatic heterocycles. The first-order valence-electron chi connectivity index (χ1n) is 9.41. The number of rotatable bonds is 9. The van der Waals surface area contributed by atoms with Gasteiger partial charge >= 0.3 is 5.97 Å². The van der Waals surface area contributed by atoms with Crippen LogP contribution in [0, 0.1) is 0 Å². The predicted molar refractivity (Wildman–Crippen MR) is 123 cm³/mol. The minimum absolute atomic E-state index is 0.0638. The molecule has 2 aromatic carbocycles. The summed E-state index contributed by atoms with van der Waals surface area (Å²) in [7, 11) is 0. The maximum absolute atomic E-state index is 12.3. The van der Waals surface area contributed by atoms with E-state index in [9.17, 15) is 29.4 Å². The highest BCUT2D eigenvalue weighted by Crippen LogP contribution is 2.33. The van der Waals surface area contributed by atoms with Crippen molar-refractivity contribution in [3.8, 4) is 5.75 Å². The van der Waals surface area contributed by atoms with Crippen molar-refractivity contribution in [2.75, 3.05) is 6.54 Å². The van der Waals surface area contributed by atoms with Gasteiger partial charge < -0.3 is 26.2 Å². The standard InChI is InChI=1S/C21H21Br2N3O6/c1-11(19(29)26-16(21(31)32)7-12-5-3-2-4-6-12)25-17(27)10-24-20(30)13-8-14(22)18(28)15(23)9-13/h2-6,8-9,11,16,28H,7,10H2,1H3,(H,24,30)(H,25,27)(H,26,29)(H,31,32)/t11-,16-/m0/s1. The molecule has 2 aromatic rings. The number of carbonyl (C=O) groups excluding carboxylic acids is 3. The largest absolute Gasteiger partial charge is 0.506 e. The second kappa shape index (κ2) is 11.6. The molecule has 0 spiro atoms. The summed E-state index contributed by atoms with van der Waals surface area (Å²) in [4.78, 5) is 48.2. The van der Waals surface area contributed by atoms with Gasteiger partial charge in [-0.25, -0.2) is 4.79 Å². The van der Waals surface area contributed by atoms with Gasteiger partial charge in [0.15, 0.2) is 0 Å². The Morgan fingerprint density at radius 2 is 1.59 bits per heavy atom. The number of nitrogens with one attached hydrogen (secondary N) is 3. The van der Waals surface area contributed by atoms with Crippen LogP contribution in [0.2, 0.25) is 0 Å². The molecular weight excluding hydrogens is 550 g/mol. The van der Waals surface area contributed by atoms with Crippen molar-refractivity contribution in [2.45, 2.75) is 25.4 Å². The van der Waals surface area contributed by atoms with Crippen molar-refractivity contribution in [3.63, 3.8) is 0 Å². The summed E-state index contributed by atoms with van der Waals surface area (Å²) < 4.78 is 0.602. The topological polar surface area (TPSA) is 145 Å². The van der Waals surface area contributed by atoms with Gasteiger partial charge in [-0.1, -0.05) is 30.3 Å². The number of carbonyl (C=O) groups is 4. The van der Waals surface area contributed by atoms with Crippen LogP contribution in [0.15, 0.2) is 51.4 Å². The van der Waals surface area contributed by atoms with Crippen molar-refractivity contribution < 1.29 is 29.4 Å². The first-order valence-corrected chi connectivity index (χ1v) is 11.0. The SMILES string of the molecule is C[C@H](NC(=O)CNC(=O)c1cc(Br)c(O)c(Br)c1)C(=O)N[C@@H](Cc1ccccc1)C(=O)O. The van der Waals surface area contributed by atoms with Gasteiger partial charge in [-0.05, 0) is 56.5 Å². The number of aliphatic carboxylic acids is 1. The summed E-state index contributed by atoms with van der Waals surface area (Å²) >= 11 is 6.24. The maximum Gasteiger partial charge on any atom is 0.326 e. The molecular formula is C21H21Br2N3O6. The lowest BCUT2D eigenvalue weighted by Gasteiger charge is -2.19. The summed E-state index contributed by atoms with van der Waals surface area (Å²) in [5.41, 5.74) is 0.942. The molecule has 32 heavy (non-hydrogen) atoms. The molecule has 0 bridgehead atoms. The van der Waals surface area contributed by atoms with E-state index in [1.807, 2.05) is 0 Å². The Labute approximate surface area is 200 Å². The molecule has 5 N–H and O–H groups in total. The van der Waals surface area contributed by atoms with Gasteiger partial charge in [0.2, 0.25) is 11.8 Å². The maximum atomic E-state index is 12.3. The Hall–Kier alpha value is -2.92. The van der Waals surface area contributed by atoms with Crippen LogP contribution < -0.4 is 16.0 Å². The van der Waals surface area contributed by atoms with E-state index in [-0.39, 0.29) is 17.7 Å². The molecule has 0 saturated heterocycles. The number of carboxylic acid groups (broad SMARTS) is 1. The summed E-state index contributed by atoms with van der Waals surface area (Å²) in [6.45, 7) is 1.00. The van der Waals surface area contributed by atoms with Gasteiger partial charge in [0, 0.05) is 12.0 Å². The Bertz CT molecular complexity index is 993. The highest BCUT2D eigenvalue weighted by Gasteiger charge is 2.24. The van der Waals surface area contributed by atoms with Crippen molar-refractivity contribution in [2.24, 2.45) is 0 Å². The normalized spacial score (nSPS) is 12.3. The van der Waals surface area contributed by atoms with Gasteiger partial charge in [-0.3, -0.25) is 14.4 Å². The average molecular weight is 571 g/mol. The fourth-order valence-electron chi connectivity index (χ4n) is 2.66. The first kappa shape index (κ1) is 25.3. The predicted octanol–water partition coefficient (Wildman–Crippen LogP) is 1.96. The van der Waals surface area contributed by atoms with E-state index in [1.165, 1.54) is 19.1 Å². The second-order valence-corrected chi connectivity index (χ2v) is 8.56. The van der Waals surface area contributed by atoms with Crippen molar-refractivity contribution >= 4 is 55.6 Å². The highest BCUT2D eigenvalue weighted by molar-refractivity contribution is 9.11. The molecule has 0 saturated carbocycles. The zero-order valence-electron chi connectivity index (χ0n) is 16.9. The van der Waals surface area contributed by atoms with Crippen LogP contribution in [0.25, 0.3) is 0 Å². The zero-order chi connectivity index (χ0) is 23.8. The highest BCUT2D eigenvalue weighted by atomic mass is 79.9. The third-order valence-electron chi connectivity index (χ3n) is 4.36. The van der Waals surface area contributed by atoms with Crippen LogP contribution in [0.5, 0.6) is 5.75 Å². The van der Waals surface area contributed by atoms with E-state index in [0.29, 0.717) is 8.95 Å². The van der Waals surface area contributed by atoms with Gasteiger partial charge in [0.1, 0.15) is 17.8 Å². The average Bonchev–Trinajstić information content (AvgIpc) is 2.75. The molecule has 9 nitrogen and oxygen atoms in total. The Morgan fingerprint density at radius 1 is 1.00 bits per heavy atom. The van der Waals surface area contributed by atoms with E-state index < -0.39 is 42.3 Å². The third kappa shape index (κ3) is 7.34. The molecule has 3 amide bonds. The lowest BCUT2D eigenvalue weighted by Crippen LogP contribution is -2.52. The van der Waals surface area contributed by atoms with Gasteiger partial charge in [0.05, 0.1) is 15.5 Å². The van der Waals surface area contributed by atoms with Crippen LogP contribution >= 0.6 is 31.9 Å². The van der Waals surface area contributed by atoms with Crippen LogP contribution in [0.1, 0.15) is 22.8 Å². The second-order valence-electron chi connectivity index (χ2n) is 6.85. The van der Waals surface area contributed by atoms with E-state index in [2.05, 4.69) is 47.8 Å². The molecule has 0 radical (unpaired) electrons. The monoisotopic (exact) mass is 569 g/mol. The Balaban J connectivity index is 1.87. The van der Waals surface area contributed by atoms with E-state index in [0.717, 1.165) is 5.56 Å². The van der Waals surface area contributed by atoms with Gasteiger partial charge in [0.25, 0.3) is 5.91 Å². The molecule has 0 aliphatic heterocycles. The molecule has 170 valence electrons. The lowest BCUT2D eigenvalue weighted by atomic mass is 10.1. The Kier molecular flexibility index (Phi) is 9.21. The molecule has 11 heteroatoms. The molecule has 0 fully saturated rings. The fourth-order valence-corrected chi connectivity index (χ4v) is 3.85. The van der Waals surface area contributed by atoms with E-state index >= 15 is 0 Å². The number of halogens is 2. The van der Waals surface area contributed by atoms with Crippen LogP contribution in [-0.4, -0.2) is 52.5 Å². The van der Waals surface area contributed by atoms with Crippen molar-refractivity contribution in [3.05, 3.63) is 62.5 Å². The molecule has 0 aliphatic rings. The third-order valence-corrected chi connectivity index (χ3v) is 5.57. The van der Waals surface area contributed by atoms with Crippen LogP contribution in [-0.2, 0) is 20.8 Å². The zero-order valence-corrected chi connectivity index (χ0v) is 20.1. The van der Waals surface area contributed by atoms with E-state index in [4.69, 9.17) is 0 Å². The number of phenolic OH excluding ortho intramolecular Hbond substituents is 1. The quantitative estimate of drug-likeness (QED) is 0.312. The Morgan fingerprint density at radius 3 is 2.16 bits per heavy atom. The van der Waals surface area contributed by atoms with Crippen molar-refractivity contribution in [1.29, 1.82) is 0 Å². The number of phenols is 1. The number of aromatic hydroxyl groups is 1. The van der Waals surface area contributed by atoms with Gasteiger partial charge in [-0.2, -0.15) is 0 Å². The minimum Gasteiger partial charge on any atom is -0.506 e. The van der Waals surface area contributed by atoms with E-state index in [1.54, 1.807) is 30.3 Å². The van der Waals surface area contributed by atoms with Crippen molar-refractivity contribution in [1.82, 2.24) is 16.0 Å². The number of carboxylic acids is 1. The lowest BCUT2D eigenvalue weighted by molar-refractivity contribution is -0.142. The minimum atomic E-state index is -1.20. The molecule has 0 aliphatic carbocycles. The number of hydrogen-bond donors (Lipinski definition) is 5.